The number of unbranched alkanes of at least 4 members (excludes halogenated alkanes) is 2. The average molecular weight is 238 g/mol. The van der Waals surface area contributed by atoms with Crippen molar-refractivity contribution in [3.05, 3.63) is 29.6 Å². The second kappa shape index (κ2) is 7.28. The molecule has 3 N–H and O–H groups in total. The van der Waals surface area contributed by atoms with Crippen LogP contribution >= 0.6 is 0 Å². The van der Waals surface area contributed by atoms with Gasteiger partial charge in [0.1, 0.15) is 5.82 Å². The zero-order chi connectivity index (χ0) is 12.7. The summed E-state index contributed by atoms with van der Waals surface area (Å²) in [5, 5.41) is 3.38. The number of benzene rings is 1. The Kier molecular flexibility index (Phi) is 5.98. The van der Waals surface area contributed by atoms with E-state index in [0.29, 0.717) is 12.6 Å². The van der Waals surface area contributed by atoms with Crippen molar-refractivity contribution >= 4 is 5.69 Å². The summed E-state index contributed by atoms with van der Waals surface area (Å²) in [7, 11) is 0. The van der Waals surface area contributed by atoms with Gasteiger partial charge in [-0.25, -0.2) is 4.39 Å². The van der Waals surface area contributed by atoms with Crippen molar-refractivity contribution in [2.75, 3.05) is 5.73 Å². The van der Waals surface area contributed by atoms with E-state index in [9.17, 15) is 4.39 Å². The quantitative estimate of drug-likeness (QED) is 0.564. The minimum atomic E-state index is -0.331. The number of halogens is 1. The van der Waals surface area contributed by atoms with Gasteiger partial charge in [-0.15, -0.1) is 0 Å². The van der Waals surface area contributed by atoms with Gasteiger partial charge in [-0.1, -0.05) is 38.3 Å². The zero-order valence-electron chi connectivity index (χ0n) is 10.8. The zero-order valence-corrected chi connectivity index (χ0v) is 10.8. The molecule has 0 spiro atoms. The third-order valence-electron chi connectivity index (χ3n) is 3.02. The summed E-state index contributed by atoms with van der Waals surface area (Å²) in [4.78, 5) is 0. The van der Waals surface area contributed by atoms with Crippen LogP contribution in [0.15, 0.2) is 18.2 Å². The normalized spacial score (nSPS) is 12.6. The molecular weight excluding hydrogens is 215 g/mol. The van der Waals surface area contributed by atoms with Crippen molar-refractivity contribution in [2.24, 2.45) is 0 Å². The number of nitrogens with two attached hydrogens (primary N) is 1. The Hall–Kier alpha value is -1.09. The fraction of sp³-hybridized carbons (Fsp3) is 0.571. The summed E-state index contributed by atoms with van der Waals surface area (Å²) in [6, 6.07) is 5.40. The highest BCUT2D eigenvalue weighted by Gasteiger charge is 2.06. The second-order valence-electron chi connectivity index (χ2n) is 4.59. The highest BCUT2D eigenvalue weighted by molar-refractivity contribution is 5.47. The fourth-order valence-electron chi connectivity index (χ4n) is 1.82. The number of nitrogens with one attached hydrogen (secondary N) is 1. The van der Waals surface area contributed by atoms with Crippen LogP contribution in [0.25, 0.3) is 0 Å². The van der Waals surface area contributed by atoms with Crippen LogP contribution in [0.5, 0.6) is 0 Å². The lowest BCUT2D eigenvalue weighted by Crippen LogP contribution is -2.25. The summed E-state index contributed by atoms with van der Waals surface area (Å²) in [6.45, 7) is 4.99. The lowest BCUT2D eigenvalue weighted by Gasteiger charge is -2.14. The van der Waals surface area contributed by atoms with Crippen molar-refractivity contribution in [1.29, 1.82) is 0 Å². The van der Waals surface area contributed by atoms with E-state index in [1.54, 1.807) is 6.07 Å². The van der Waals surface area contributed by atoms with Crippen LogP contribution in [0.4, 0.5) is 10.1 Å². The van der Waals surface area contributed by atoms with Crippen LogP contribution in [-0.4, -0.2) is 6.04 Å². The van der Waals surface area contributed by atoms with Gasteiger partial charge in [0.05, 0.1) is 5.69 Å². The lowest BCUT2D eigenvalue weighted by atomic mass is 10.1. The Bertz CT molecular complexity index is 339. The van der Waals surface area contributed by atoms with E-state index in [4.69, 9.17) is 5.73 Å². The Morgan fingerprint density at radius 2 is 2.12 bits per heavy atom. The molecule has 0 aliphatic rings. The molecule has 96 valence electrons. The first-order chi connectivity index (χ1) is 8.15. The Labute approximate surface area is 103 Å². The highest BCUT2D eigenvalue weighted by atomic mass is 19.1. The number of anilines is 1. The van der Waals surface area contributed by atoms with Crippen LogP contribution in [0, 0.1) is 5.82 Å². The molecule has 1 aromatic rings. The molecule has 0 aliphatic carbocycles. The van der Waals surface area contributed by atoms with Crippen molar-refractivity contribution < 1.29 is 4.39 Å². The first kappa shape index (κ1) is 14.0. The molecule has 0 amide bonds. The number of para-hydroxylation sites is 1. The van der Waals surface area contributed by atoms with Gasteiger partial charge in [-0.2, -0.15) is 0 Å². The molecular formula is C14H23FN2. The first-order valence-electron chi connectivity index (χ1n) is 6.41. The molecule has 0 fully saturated rings. The summed E-state index contributed by atoms with van der Waals surface area (Å²) in [5.74, 6) is -0.331. The van der Waals surface area contributed by atoms with E-state index in [-0.39, 0.29) is 11.5 Å². The topological polar surface area (TPSA) is 38.0 Å². The summed E-state index contributed by atoms with van der Waals surface area (Å²) in [6.07, 6.45) is 4.91. The maximum atomic E-state index is 13.2. The largest absolute Gasteiger partial charge is 0.396 e. The van der Waals surface area contributed by atoms with Gasteiger partial charge in [0.25, 0.3) is 0 Å². The third kappa shape index (κ3) is 4.73. The molecule has 17 heavy (non-hydrogen) atoms. The molecule has 0 saturated carbocycles. The van der Waals surface area contributed by atoms with Crippen LogP contribution in [0.2, 0.25) is 0 Å². The predicted octanol–water partition coefficient (Wildman–Crippen LogP) is 3.47. The van der Waals surface area contributed by atoms with Crippen molar-refractivity contribution in [3.63, 3.8) is 0 Å². The number of hydrogen-bond donors (Lipinski definition) is 2. The summed E-state index contributed by atoms with van der Waals surface area (Å²) in [5.41, 5.74) is 6.78. The van der Waals surface area contributed by atoms with E-state index in [1.165, 1.54) is 25.3 Å². The smallest absolute Gasteiger partial charge is 0.146 e. The minimum Gasteiger partial charge on any atom is -0.396 e. The van der Waals surface area contributed by atoms with E-state index < -0.39 is 0 Å². The van der Waals surface area contributed by atoms with Gasteiger partial charge in [0.15, 0.2) is 0 Å². The van der Waals surface area contributed by atoms with Crippen LogP contribution < -0.4 is 11.1 Å². The predicted molar refractivity (Wildman–Crippen MR) is 71.3 cm³/mol. The Balaban J connectivity index is 2.37. The van der Waals surface area contributed by atoms with E-state index in [2.05, 4.69) is 19.2 Å². The third-order valence-corrected chi connectivity index (χ3v) is 3.02. The first-order valence-corrected chi connectivity index (χ1v) is 6.41. The molecule has 0 aliphatic heterocycles. The van der Waals surface area contributed by atoms with Crippen molar-refractivity contribution in [3.8, 4) is 0 Å². The maximum Gasteiger partial charge on any atom is 0.146 e. The molecule has 0 aromatic heterocycles. The monoisotopic (exact) mass is 238 g/mol. The number of hydrogen-bond acceptors (Lipinski definition) is 2. The van der Waals surface area contributed by atoms with Gasteiger partial charge < -0.3 is 11.1 Å². The van der Waals surface area contributed by atoms with Gasteiger partial charge in [0.2, 0.25) is 0 Å². The van der Waals surface area contributed by atoms with Crippen LogP contribution in [0.3, 0.4) is 0 Å². The van der Waals surface area contributed by atoms with Gasteiger partial charge in [-0.3, -0.25) is 0 Å². The summed E-state index contributed by atoms with van der Waals surface area (Å²) >= 11 is 0. The second-order valence-corrected chi connectivity index (χ2v) is 4.59. The van der Waals surface area contributed by atoms with Crippen molar-refractivity contribution in [1.82, 2.24) is 5.32 Å². The molecule has 0 bridgehead atoms. The molecule has 0 radical (unpaired) electrons. The molecule has 0 heterocycles. The molecule has 1 aromatic carbocycles. The van der Waals surface area contributed by atoms with E-state index in [0.717, 1.165) is 12.0 Å². The van der Waals surface area contributed by atoms with Crippen LogP contribution in [0.1, 0.15) is 45.1 Å². The number of nitrogen functional groups attached to an aromatic ring is 1. The molecule has 3 heteroatoms. The number of rotatable bonds is 7. The molecule has 1 atom stereocenters. The molecule has 1 rings (SSSR count). The van der Waals surface area contributed by atoms with Crippen molar-refractivity contribution in [2.45, 2.75) is 52.1 Å². The van der Waals surface area contributed by atoms with Gasteiger partial charge >= 0.3 is 0 Å². The lowest BCUT2D eigenvalue weighted by molar-refractivity contribution is 0.487. The standard InChI is InChI=1S/C14H23FN2/c1-3-4-5-7-11(2)17-10-12-8-6-9-13(15)14(12)16/h6,8-9,11,17H,3-5,7,10,16H2,1-2H3. The van der Waals surface area contributed by atoms with Gasteiger partial charge in [0, 0.05) is 12.6 Å². The summed E-state index contributed by atoms with van der Waals surface area (Å²) < 4.78 is 13.2. The average Bonchev–Trinajstić information content (AvgIpc) is 2.31. The van der Waals surface area contributed by atoms with Gasteiger partial charge in [-0.05, 0) is 25.0 Å². The van der Waals surface area contributed by atoms with E-state index >= 15 is 0 Å². The minimum absolute atomic E-state index is 0.265. The Morgan fingerprint density at radius 3 is 2.82 bits per heavy atom. The SMILES string of the molecule is CCCCCC(C)NCc1cccc(F)c1N. The highest BCUT2D eigenvalue weighted by Crippen LogP contribution is 2.15. The molecule has 0 saturated heterocycles. The van der Waals surface area contributed by atoms with E-state index in [1.807, 2.05) is 6.07 Å². The maximum absolute atomic E-state index is 13.2. The van der Waals surface area contributed by atoms with Crippen LogP contribution in [-0.2, 0) is 6.54 Å². The fourth-order valence-corrected chi connectivity index (χ4v) is 1.82. The molecule has 2 nitrogen and oxygen atoms in total. The molecule has 1 unspecified atom stereocenters. The Morgan fingerprint density at radius 1 is 1.35 bits per heavy atom.